The van der Waals surface area contributed by atoms with Crippen molar-refractivity contribution < 1.29 is 23.8 Å². The number of ether oxygens (including phenoxy) is 3. The molecule has 0 saturated carbocycles. The average molecular weight is 327 g/mol. The molecular formula is C18H17NO5. The highest BCUT2D eigenvalue weighted by Gasteiger charge is 2.52. The number of carbonyl (C=O) groups excluding carboxylic acids is 2. The fourth-order valence-electron chi connectivity index (χ4n) is 4.55. The van der Waals surface area contributed by atoms with Crippen LogP contribution < -0.4 is 9.47 Å². The van der Waals surface area contributed by atoms with E-state index in [0.717, 1.165) is 18.5 Å². The van der Waals surface area contributed by atoms with Crippen molar-refractivity contribution in [3.8, 4) is 11.5 Å². The molecule has 4 aliphatic rings. The molecule has 6 heteroatoms. The molecule has 0 N–H and O–H groups in total. The first-order chi connectivity index (χ1) is 11.6. The minimum Gasteiger partial charge on any atom is -0.458 e. The van der Waals surface area contributed by atoms with Crippen LogP contribution in [-0.4, -0.2) is 42.3 Å². The fourth-order valence-corrected chi connectivity index (χ4v) is 4.55. The molecule has 1 aromatic carbocycles. The molecule has 1 aromatic rings. The van der Waals surface area contributed by atoms with E-state index in [1.807, 2.05) is 17.0 Å². The Morgan fingerprint density at radius 1 is 1.25 bits per heavy atom. The topological polar surface area (TPSA) is 65.1 Å². The Labute approximate surface area is 139 Å². The number of hydrogen-bond donors (Lipinski definition) is 0. The van der Waals surface area contributed by atoms with E-state index >= 15 is 0 Å². The maximum Gasteiger partial charge on any atom is 0.303 e. The van der Waals surface area contributed by atoms with Gasteiger partial charge >= 0.3 is 5.97 Å². The molecule has 3 aliphatic heterocycles. The van der Waals surface area contributed by atoms with Gasteiger partial charge in [-0.15, -0.1) is 0 Å². The van der Waals surface area contributed by atoms with Gasteiger partial charge in [0.05, 0.1) is 0 Å². The van der Waals surface area contributed by atoms with E-state index in [0.29, 0.717) is 23.0 Å². The van der Waals surface area contributed by atoms with E-state index in [9.17, 15) is 9.59 Å². The first kappa shape index (κ1) is 13.9. The molecule has 0 aromatic heterocycles. The van der Waals surface area contributed by atoms with Crippen molar-refractivity contribution in [2.45, 2.75) is 31.4 Å². The van der Waals surface area contributed by atoms with Gasteiger partial charge < -0.3 is 19.1 Å². The number of fused-ring (bicyclic) bond motifs is 3. The zero-order chi connectivity index (χ0) is 16.4. The summed E-state index contributed by atoms with van der Waals surface area (Å²) in [6, 6.07) is 3.70. The standard InChI is InChI=1S/C18H17NO5/c1-9(20)24-13-3-2-10-4-5-19-17(10)16(13)11-6-14-15(23-8-22-14)7-12(11)18(19)21/h2-3,6-7,10,13,16-17H,4-5,8H2,1H3/t10?,13-,16-,17?/m1/s1. The maximum absolute atomic E-state index is 13.0. The molecule has 1 fully saturated rings. The first-order valence-electron chi connectivity index (χ1n) is 8.23. The van der Waals surface area contributed by atoms with Gasteiger partial charge in [0.2, 0.25) is 6.79 Å². The SMILES string of the molecule is CC(=O)O[C@@H]1C=CC2CCN3C(=O)c4cc5c(cc4[C@H]1C23)OCO5. The number of nitrogens with zero attached hydrogens (tertiary/aromatic N) is 1. The van der Waals surface area contributed by atoms with Crippen molar-refractivity contribution in [2.24, 2.45) is 5.92 Å². The van der Waals surface area contributed by atoms with Crippen LogP contribution in [0.15, 0.2) is 24.3 Å². The molecule has 6 nitrogen and oxygen atoms in total. The molecule has 2 unspecified atom stereocenters. The van der Waals surface area contributed by atoms with Crippen LogP contribution >= 0.6 is 0 Å². The number of amides is 1. The highest BCUT2D eigenvalue weighted by atomic mass is 16.7. The molecule has 1 saturated heterocycles. The van der Waals surface area contributed by atoms with E-state index in [-0.39, 0.29) is 36.7 Å². The molecule has 3 heterocycles. The lowest BCUT2D eigenvalue weighted by Gasteiger charge is -2.44. The second kappa shape index (κ2) is 4.75. The van der Waals surface area contributed by atoms with Crippen molar-refractivity contribution in [3.05, 3.63) is 35.4 Å². The van der Waals surface area contributed by atoms with Gasteiger partial charge in [-0.25, -0.2) is 0 Å². The lowest BCUT2D eigenvalue weighted by atomic mass is 9.72. The molecule has 1 amide bonds. The Morgan fingerprint density at radius 2 is 2.04 bits per heavy atom. The number of rotatable bonds is 1. The molecule has 4 atom stereocenters. The van der Waals surface area contributed by atoms with Crippen LogP contribution in [0.4, 0.5) is 0 Å². The van der Waals surface area contributed by atoms with Gasteiger partial charge in [-0.1, -0.05) is 6.08 Å². The summed E-state index contributed by atoms with van der Waals surface area (Å²) >= 11 is 0. The van der Waals surface area contributed by atoms with Crippen molar-refractivity contribution in [2.75, 3.05) is 13.3 Å². The highest BCUT2D eigenvalue weighted by Crippen LogP contribution is 2.50. The van der Waals surface area contributed by atoms with Crippen LogP contribution in [0.5, 0.6) is 11.5 Å². The molecule has 1 aliphatic carbocycles. The first-order valence-corrected chi connectivity index (χ1v) is 8.23. The molecule has 24 heavy (non-hydrogen) atoms. The lowest BCUT2D eigenvalue weighted by Crippen LogP contribution is -2.51. The number of carbonyl (C=O) groups is 2. The second-order valence-electron chi connectivity index (χ2n) is 6.72. The maximum atomic E-state index is 13.0. The number of benzene rings is 1. The van der Waals surface area contributed by atoms with Crippen molar-refractivity contribution in [1.29, 1.82) is 0 Å². The average Bonchev–Trinajstić information content (AvgIpc) is 3.18. The minimum atomic E-state index is -0.364. The Bertz CT molecular complexity index is 786. The van der Waals surface area contributed by atoms with Gasteiger partial charge in [0, 0.05) is 31.0 Å². The quantitative estimate of drug-likeness (QED) is 0.582. The summed E-state index contributed by atoms with van der Waals surface area (Å²) in [5, 5.41) is 0. The van der Waals surface area contributed by atoms with E-state index in [1.54, 1.807) is 6.07 Å². The van der Waals surface area contributed by atoms with Crippen LogP contribution in [0.25, 0.3) is 0 Å². The third-order valence-electron chi connectivity index (χ3n) is 5.47. The molecule has 0 bridgehead atoms. The van der Waals surface area contributed by atoms with Crippen LogP contribution in [0, 0.1) is 5.92 Å². The Balaban J connectivity index is 1.69. The van der Waals surface area contributed by atoms with E-state index < -0.39 is 0 Å². The van der Waals surface area contributed by atoms with Gasteiger partial charge in [0.15, 0.2) is 11.5 Å². The van der Waals surface area contributed by atoms with Crippen LogP contribution in [0.2, 0.25) is 0 Å². The predicted molar refractivity (Wildman–Crippen MR) is 82.9 cm³/mol. The zero-order valence-corrected chi connectivity index (χ0v) is 13.2. The Kier molecular flexibility index (Phi) is 2.75. The van der Waals surface area contributed by atoms with E-state index in [1.165, 1.54) is 6.92 Å². The molecule has 5 rings (SSSR count). The summed E-state index contributed by atoms with van der Waals surface area (Å²) in [7, 11) is 0. The van der Waals surface area contributed by atoms with Crippen molar-refractivity contribution in [1.82, 2.24) is 4.90 Å². The van der Waals surface area contributed by atoms with Gasteiger partial charge in [0.25, 0.3) is 5.91 Å². The van der Waals surface area contributed by atoms with Crippen molar-refractivity contribution >= 4 is 11.9 Å². The van der Waals surface area contributed by atoms with Crippen LogP contribution in [0.1, 0.15) is 35.2 Å². The van der Waals surface area contributed by atoms with Gasteiger partial charge in [0.1, 0.15) is 6.10 Å². The predicted octanol–water partition coefficient (Wildman–Crippen LogP) is 1.84. The normalized spacial score (nSPS) is 31.7. The largest absolute Gasteiger partial charge is 0.458 e. The second-order valence-corrected chi connectivity index (χ2v) is 6.72. The minimum absolute atomic E-state index is 0.0314. The lowest BCUT2D eigenvalue weighted by molar-refractivity contribution is -0.146. The summed E-state index contributed by atoms with van der Waals surface area (Å²) in [6.45, 7) is 2.32. The van der Waals surface area contributed by atoms with Crippen molar-refractivity contribution in [3.63, 3.8) is 0 Å². The summed E-state index contributed by atoms with van der Waals surface area (Å²) in [5.41, 5.74) is 1.53. The summed E-state index contributed by atoms with van der Waals surface area (Å²) in [4.78, 5) is 26.4. The molecule has 0 spiro atoms. The Morgan fingerprint density at radius 3 is 2.83 bits per heavy atom. The monoisotopic (exact) mass is 327 g/mol. The van der Waals surface area contributed by atoms with Gasteiger partial charge in [-0.05, 0) is 36.1 Å². The van der Waals surface area contributed by atoms with E-state index in [2.05, 4.69) is 6.08 Å². The highest BCUT2D eigenvalue weighted by molar-refractivity contribution is 5.99. The zero-order valence-electron chi connectivity index (χ0n) is 13.2. The third-order valence-corrected chi connectivity index (χ3v) is 5.47. The summed E-state index contributed by atoms with van der Waals surface area (Å²) in [6.07, 6.45) is 4.65. The smallest absolute Gasteiger partial charge is 0.303 e. The summed E-state index contributed by atoms with van der Waals surface area (Å²) < 4.78 is 16.5. The third kappa shape index (κ3) is 1.76. The molecular weight excluding hydrogens is 310 g/mol. The number of hydrogen-bond acceptors (Lipinski definition) is 5. The number of esters is 1. The van der Waals surface area contributed by atoms with Crippen LogP contribution in [-0.2, 0) is 9.53 Å². The van der Waals surface area contributed by atoms with Gasteiger partial charge in [-0.2, -0.15) is 0 Å². The van der Waals surface area contributed by atoms with E-state index in [4.69, 9.17) is 14.2 Å². The Hall–Kier alpha value is -2.50. The van der Waals surface area contributed by atoms with Gasteiger partial charge in [-0.3, -0.25) is 9.59 Å². The molecule has 124 valence electrons. The fraction of sp³-hybridized carbons (Fsp3) is 0.444. The van der Waals surface area contributed by atoms with Crippen LogP contribution in [0.3, 0.4) is 0 Å². The summed E-state index contributed by atoms with van der Waals surface area (Å²) in [5.74, 6) is 1.22. The molecule has 0 radical (unpaired) electrons.